The third-order valence-electron chi connectivity index (χ3n) is 2.68. The van der Waals surface area contributed by atoms with Crippen LogP contribution < -0.4 is 10.5 Å². The van der Waals surface area contributed by atoms with Gasteiger partial charge in [0.05, 0.1) is 5.75 Å². The molecule has 0 saturated heterocycles. The first-order valence-corrected chi connectivity index (χ1v) is 7.40. The fourth-order valence-electron chi connectivity index (χ4n) is 1.53. The number of nitrogens with two attached hydrogens (primary N) is 1. The third-order valence-corrected chi connectivity index (χ3v) is 4.13. The maximum absolute atomic E-state index is 11.9. The molecule has 1 unspecified atom stereocenters. The Kier molecular flexibility index (Phi) is 5.11. The van der Waals surface area contributed by atoms with Gasteiger partial charge in [0, 0.05) is 12.6 Å². The Bertz CT molecular complexity index is 457. The summed E-state index contributed by atoms with van der Waals surface area (Å²) in [6.45, 7) is 4.16. The van der Waals surface area contributed by atoms with Crippen LogP contribution >= 0.6 is 0 Å². The topological polar surface area (TPSA) is 72.2 Å². The van der Waals surface area contributed by atoms with E-state index in [1.807, 2.05) is 32.0 Å². The predicted molar refractivity (Wildman–Crippen MR) is 69.8 cm³/mol. The molecule has 0 radical (unpaired) electrons. The van der Waals surface area contributed by atoms with Crippen molar-refractivity contribution in [3.8, 4) is 0 Å². The van der Waals surface area contributed by atoms with Gasteiger partial charge in [-0.15, -0.1) is 0 Å². The molecule has 0 heterocycles. The summed E-state index contributed by atoms with van der Waals surface area (Å²) in [5.74, 6) is -0.00921. The first kappa shape index (κ1) is 14.2. The predicted octanol–water partition coefficient (Wildman–Crippen LogP) is 1.36. The summed E-state index contributed by atoms with van der Waals surface area (Å²) in [5.41, 5.74) is 7.23. The van der Waals surface area contributed by atoms with Crippen LogP contribution in [0.3, 0.4) is 0 Å². The zero-order valence-corrected chi connectivity index (χ0v) is 11.1. The van der Waals surface area contributed by atoms with Crippen molar-refractivity contribution in [3.05, 3.63) is 35.4 Å². The van der Waals surface area contributed by atoms with E-state index in [9.17, 15) is 8.42 Å². The maximum atomic E-state index is 11.9. The summed E-state index contributed by atoms with van der Waals surface area (Å²) in [6, 6.07) is 7.31. The number of benzene rings is 1. The van der Waals surface area contributed by atoms with Crippen molar-refractivity contribution >= 4 is 10.0 Å². The average Bonchev–Trinajstić information content (AvgIpc) is 2.28. The van der Waals surface area contributed by atoms with Crippen LogP contribution in [-0.4, -0.2) is 14.5 Å². The minimum atomic E-state index is -3.28. The summed E-state index contributed by atoms with van der Waals surface area (Å²) in [6.07, 6.45) is 0.776. The number of nitrogens with one attached hydrogen (secondary N) is 1. The van der Waals surface area contributed by atoms with Crippen LogP contribution in [-0.2, 0) is 22.3 Å². The molecule has 1 rings (SSSR count). The van der Waals surface area contributed by atoms with Crippen molar-refractivity contribution in [2.45, 2.75) is 38.6 Å². The normalized spacial score (nSPS) is 13.6. The van der Waals surface area contributed by atoms with E-state index in [0.29, 0.717) is 6.54 Å². The van der Waals surface area contributed by atoms with Gasteiger partial charge in [0.15, 0.2) is 0 Å². The maximum Gasteiger partial charge on any atom is 0.216 e. The molecule has 17 heavy (non-hydrogen) atoms. The van der Waals surface area contributed by atoms with Crippen LogP contribution in [0.15, 0.2) is 24.3 Å². The quantitative estimate of drug-likeness (QED) is 0.807. The smallest absolute Gasteiger partial charge is 0.216 e. The SMILES string of the molecule is CCC(C)NS(=O)(=O)Cc1ccccc1CN. The average molecular weight is 256 g/mol. The molecular formula is C12H20N2O2S. The van der Waals surface area contributed by atoms with Gasteiger partial charge in [0.1, 0.15) is 0 Å². The van der Waals surface area contributed by atoms with Crippen LogP contribution in [0, 0.1) is 0 Å². The molecule has 0 aromatic heterocycles. The number of rotatable bonds is 6. The Labute approximate surface area is 103 Å². The standard InChI is InChI=1S/C12H20N2O2S/c1-3-10(2)14-17(15,16)9-12-7-5-4-6-11(12)8-13/h4-7,10,14H,3,8-9,13H2,1-2H3. The summed E-state index contributed by atoms with van der Waals surface area (Å²) in [4.78, 5) is 0. The molecule has 5 heteroatoms. The highest BCUT2D eigenvalue weighted by Crippen LogP contribution is 2.11. The highest BCUT2D eigenvalue weighted by molar-refractivity contribution is 7.88. The second-order valence-electron chi connectivity index (χ2n) is 4.16. The fourth-order valence-corrected chi connectivity index (χ4v) is 3.09. The molecule has 1 atom stereocenters. The zero-order valence-electron chi connectivity index (χ0n) is 10.3. The molecule has 4 nitrogen and oxygen atoms in total. The van der Waals surface area contributed by atoms with Crippen molar-refractivity contribution in [1.82, 2.24) is 4.72 Å². The minimum Gasteiger partial charge on any atom is -0.326 e. The van der Waals surface area contributed by atoms with E-state index >= 15 is 0 Å². The van der Waals surface area contributed by atoms with Crippen molar-refractivity contribution in [2.24, 2.45) is 5.73 Å². The van der Waals surface area contributed by atoms with Gasteiger partial charge < -0.3 is 5.73 Å². The molecule has 0 saturated carbocycles. The lowest BCUT2D eigenvalue weighted by molar-refractivity contribution is 0.555. The largest absolute Gasteiger partial charge is 0.326 e. The Morgan fingerprint density at radius 3 is 2.41 bits per heavy atom. The van der Waals surface area contributed by atoms with E-state index < -0.39 is 10.0 Å². The minimum absolute atomic E-state index is 0.00921. The van der Waals surface area contributed by atoms with E-state index in [4.69, 9.17) is 5.73 Å². The second kappa shape index (κ2) is 6.14. The molecule has 1 aromatic rings. The van der Waals surface area contributed by atoms with E-state index in [-0.39, 0.29) is 11.8 Å². The van der Waals surface area contributed by atoms with E-state index in [1.54, 1.807) is 6.07 Å². The van der Waals surface area contributed by atoms with Crippen molar-refractivity contribution in [1.29, 1.82) is 0 Å². The molecule has 0 spiro atoms. The number of hydrogen-bond donors (Lipinski definition) is 2. The lowest BCUT2D eigenvalue weighted by atomic mass is 10.1. The van der Waals surface area contributed by atoms with Crippen LogP contribution in [0.2, 0.25) is 0 Å². The molecule has 0 aliphatic rings. The lowest BCUT2D eigenvalue weighted by Gasteiger charge is -2.13. The summed E-state index contributed by atoms with van der Waals surface area (Å²) in [7, 11) is -3.28. The van der Waals surface area contributed by atoms with Crippen LogP contribution in [0.4, 0.5) is 0 Å². The zero-order chi connectivity index (χ0) is 12.9. The Morgan fingerprint density at radius 1 is 1.29 bits per heavy atom. The first-order valence-electron chi connectivity index (χ1n) is 5.75. The van der Waals surface area contributed by atoms with Gasteiger partial charge in [-0.3, -0.25) is 0 Å². The van der Waals surface area contributed by atoms with Crippen LogP contribution in [0.1, 0.15) is 31.4 Å². The van der Waals surface area contributed by atoms with Gasteiger partial charge >= 0.3 is 0 Å². The second-order valence-corrected chi connectivity index (χ2v) is 5.91. The van der Waals surface area contributed by atoms with Crippen molar-refractivity contribution in [3.63, 3.8) is 0 Å². The van der Waals surface area contributed by atoms with Gasteiger partial charge in [-0.2, -0.15) is 0 Å². The Morgan fingerprint density at radius 2 is 1.88 bits per heavy atom. The van der Waals surface area contributed by atoms with Gasteiger partial charge in [0.25, 0.3) is 0 Å². The Balaban J connectivity index is 2.83. The molecule has 0 amide bonds. The molecule has 0 fully saturated rings. The summed E-state index contributed by atoms with van der Waals surface area (Å²) >= 11 is 0. The molecule has 3 N–H and O–H groups in total. The molecule has 1 aromatic carbocycles. The number of sulfonamides is 1. The highest BCUT2D eigenvalue weighted by atomic mass is 32.2. The fraction of sp³-hybridized carbons (Fsp3) is 0.500. The number of hydrogen-bond acceptors (Lipinski definition) is 3. The highest BCUT2D eigenvalue weighted by Gasteiger charge is 2.15. The van der Waals surface area contributed by atoms with Crippen molar-refractivity contribution in [2.75, 3.05) is 0 Å². The van der Waals surface area contributed by atoms with Crippen molar-refractivity contribution < 1.29 is 8.42 Å². The van der Waals surface area contributed by atoms with E-state index in [1.165, 1.54) is 0 Å². The van der Waals surface area contributed by atoms with E-state index in [0.717, 1.165) is 17.5 Å². The molecule has 0 aliphatic carbocycles. The van der Waals surface area contributed by atoms with Gasteiger partial charge in [-0.05, 0) is 24.5 Å². The third kappa shape index (κ3) is 4.46. The molecule has 0 bridgehead atoms. The van der Waals surface area contributed by atoms with Gasteiger partial charge in [-0.1, -0.05) is 31.2 Å². The van der Waals surface area contributed by atoms with Crippen LogP contribution in [0.25, 0.3) is 0 Å². The first-order chi connectivity index (χ1) is 7.98. The van der Waals surface area contributed by atoms with E-state index in [2.05, 4.69) is 4.72 Å². The van der Waals surface area contributed by atoms with Crippen LogP contribution in [0.5, 0.6) is 0 Å². The lowest BCUT2D eigenvalue weighted by Crippen LogP contribution is -2.33. The molecule has 0 aliphatic heterocycles. The van der Waals surface area contributed by atoms with Gasteiger partial charge in [-0.25, -0.2) is 13.1 Å². The Hall–Kier alpha value is -0.910. The molecular weight excluding hydrogens is 236 g/mol. The summed E-state index contributed by atoms with van der Waals surface area (Å²) in [5, 5.41) is 0. The summed E-state index contributed by atoms with van der Waals surface area (Å²) < 4.78 is 26.4. The monoisotopic (exact) mass is 256 g/mol. The van der Waals surface area contributed by atoms with Gasteiger partial charge in [0.2, 0.25) is 10.0 Å². The molecule has 96 valence electrons.